The summed E-state index contributed by atoms with van der Waals surface area (Å²) in [6.07, 6.45) is 0.834. The molecule has 6 nitrogen and oxygen atoms in total. The average Bonchev–Trinajstić information content (AvgIpc) is 2.98. The van der Waals surface area contributed by atoms with E-state index in [2.05, 4.69) is 12.1 Å². The molecule has 0 radical (unpaired) electrons. The number of nitro groups is 1. The Kier molecular flexibility index (Phi) is 5.20. The monoisotopic (exact) mass is 417 g/mol. The maximum atomic E-state index is 10.9. The number of nitrogens with zero attached hydrogens (tertiary/aromatic N) is 3. The third-order valence-corrected chi connectivity index (χ3v) is 5.38. The lowest BCUT2D eigenvalue weighted by molar-refractivity contribution is -0.384. The van der Waals surface area contributed by atoms with Gasteiger partial charge in [0.25, 0.3) is 5.69 Å². The summed E-state index contributed by atoms with van der Waals surface area (Å²) >= 11 is 5.62. The van der Waals surface area contributed by atoms with E-state index in [0.29, 0.717) is 16.2 Å². The van der Waals surface area contributed by atoms with Crippen molar-refractivity contribution < 1.29 is 10.0 Å². The van der Waals surface area contributed by atoms with E-state index in [1.807, 2.05) is 42.5 Å². The molecule has 150 valence electrons. The van der Waals surface area contributed by atoms with Gasteiger partial charge in [-0.15, -0.1) is 0 Å². The van der Waals surface area contributed by atoms with Crippen LogP contribution in [-0.4, -0.2) is 19.2 Å². The molecule has 0 aliphatic heterocycles. The predicted molar refractivity (Wildman–Crippen MR) is 118 cm³/mol. The van der Waals surface area contributed by atoms with Crippen molar-refractivity contribution in [2.75, 3.05) is 0 Å². The molecule has 0 fully saturated rings. The van der Waals surface area contributed by atoms with Crippen molar-refractivity contribution in [3.05, 3.63) is 111 Å². The van der Waals surface area contributed by atoms with Crippen molar-refractivity contribution in [2.24, 2.45) is 0 Å². The Hall–Kier alpha value is -3.71. The second kappa shape index (κ2) is 7.96. The van der Waals surface area contributed by atoms with E-state index in [1.165, 1.54) is 27.8 Å². The Labute approximate surface area is 178 Å². The first-order valence-corrected chi connectivity index (χ1v) is 9.78. The molecule has 0 bridgehead atoms. The van der Waals surface area contributed by atoms with E-state index in [-0.39, 0.29) is 11.6 Å². The summed E-state index contributed by atoms with van der Waals surface area (Å²) in [7, 11) is 0. The minimum Gasteiger partial charge on any atom is -0.493 e. The first-order valence-electron chi connectivity index (χ1n) is 9.37. The summed E-state index contributed by atoms with van der Waals surface area (Å²) in [5.74, 6) is 0.00205. The van der Waals surface area contributed by atoms with E-state index in [4.69, 9.17) is 12.2 Å². The van der Waals surface area contributed by atoms with Gasteiger partial charge in [0.2, 0.25) is 5.88 Å². The first kappa shape index (κ1) is 19.6. The van der Waals surface area contributed by atoms with Gasteiger partial charge in [0.1, 0.15) is 0 Å². The fourth-order valence-corrected chi connectivity index (χ4v) is 3.88. The standard InChI is InChI=1S/C23H19N3O3S/c1-16-22(27)25(20-11-13-21(14-12-20)26(28)29)23(30)24(16)19-9-7-18(8-10-19)15-17-5-3-2-4-6-17/h2-14,27H,15H2,1H3. The van der Waals surface area contributed by atoms with E-state index >= 15 is 0 Å². The predicted octanol–water partition coefficient (Wildman–Crippen LogP) is 5.51. The molecule has 0 saturated carbocycles. The van der Waals surface area contributed by atoms with E-state index in [9.17, 15) is 15.2 Å². The SMILES string of the molecule is Cc1c(O)n(-c2ccc([N+](=O)[O-])cc2)c(=S)n1-c1ccc(Cc2ccccc2)cc1. The highest BCUT2D eigenvalue weighted by Crippen LogP contribution is 2.28. The lowest BCUT2D eigenvalue weighted by atomic mass is 10.0. The van der Waals surface area contributed by atoms with Gasteiger partial charge in [0.15, 0.2) is 4.77 Å². The lowest BCUT2D eigenvalue weighted by Gasteiger charge is -2.07. The molecule has 0 aliphatic carbocycles. The zero-order valence-corrected chi connectivity index (χ0v) is 17.0. The average molecular weight is 417 g/mol. The van der Waals surface area contributed by atoms with Crippen LogP contribution in [0.4, 0.5) is 5.69 Å². The van der Waals surface area contributed by atoms with Gasteiger partial charge in [-0.05, 0) is 61.0 Å². The van der Waals surface area contributed by atoms with Crippen LogP contribution in [0, 0.1) is 21.8 Å². The van der Waals surface area contributed by atoms with Crippen LogP contribution in [0.1, 0.15) is 16.8 Å². The minimum atomic E-state index is -0.462. The van der Waals surface area contributed by atoms with Gasteiger partial charge >= 0.3 is 0 Å². The van der Waals surface area contributed by atoms with Gasteiger partial charge in [-0.3, -0.25) is 19.2 Å². The van der Waals surface area contributed by atoms with Gasteiger partial charge in [0, 0.05) is 17.8 Å². The van der Waals surface area contributed by atoms with Crippen molar-refractivity contribution in [3.8, 4) is 17.3 Å². The van der Waals surface area contributed by atoms with Crippen LogP contribution in [0.5, 0.6) is 5.88 Å². The summed E-state index contributed by atoms with van der Waals surface area (Å²) < 4.78 is 3.68. The normalized spacial score (nSPS) is 10.8. The number of benzene rings is 3. The third kappa shape index (κ3) is 3.62. The highest BCUT2D eigenvalue weighted by Gasteiger charge is 2.17. The fourth-order valence-electron chi connectivity index (χ4n) is 3.45. The molecular weight excluding hydrogens is 398 g/mol. The molecule has 4 aromatic rings. The number of aromatic hydroxyl groups is 1. The number of imidazole rings is 1. The maximum Gasteiger partial charge on any atom is 0.269 e. The summed E-state index contributed by atoms with van der Waals surface area (Å²) in [4.78, 5) is 10.4. The summed E-state index contributed by atoms with van der Waals surface area (Å²) in [6.45, 7) is 1.78. The molecule has 0 saturated heterocycles. The molecule has 0 spiro atoms. The molecular formula is C23H19N3O3S. The molecule has 4 rings (SSSR count). The highest BCUT2D eigenvalue weighted by atomic mass is 32.1. The summed E-state index contributed by atoms with van der Waals surface area (Å²) in [6, 6.07) is 24.2. The number of hydrogen-bond acceptors (Lipinski definition) is 4. The van der Waals surface area contributed by atoms with Crippen molar-refractivity contribution in [1.82, 2.24) is 9.13 Å². The largest absolute Gasteiger partial charge is 0.493 e. The smallest absolute Gasteiger partial charge is 0.269 e. The number of aromatic nitrogens is 2. The van der Waals surface area contributed by atoms with Crippen LogP contribution >= 0.6 is 12.2 Å². The van der Waals surface area contributed by atoms with Crippen molar-refractivity contribution in [3.63, 3.8) is 0 Å². The van der Waals surface area contributed by atoms with Gasteiger partial charge in [0.05, 0.1) is 16.3 Å². The van der Waals surface area contributed by atoms with Crippen LogP contribution < -0.4 is 0 Å². The Bertz CT molecular complexity index is 1260. The Balaban J connectivity index is 1.69. The zero-order valence-electron chi connectivity index (χ0n) is 16.2. The third-order valence-electron chi connectivity index (χ3n) is 5.02. The molecule has 0 amide bonds. The number of rotatable bonds is 5. The molecule has 1 heterocycles. The molecule has 0 unspecified atom stereocenters. The number of hydrogen-bond donors (Lipinski definition) is 1. The Morgan fingerprint density at radius 3 is 2.00 bits per heavy atom. The van der Waals surface area contributed by atoms with Gasteiger partial charge < -0.3 is 5.11 Å². The molecule has 30 heavy (non-hydrogen) atoms. The van der Waals surface area contributed by atoms with Crippen LogP contribution in [0.15, 0.2) is 78.9 Å². The molecule has 0 atom stereocenters. The van der Waals surface area contributed by atoms with Crippen LogP contribution in [0.3, 0.4) is 0 Å². The lowest BCUT2D eigenvalue weighted by Crippen LogP contribution is -1.99. The number of nitro benzene ring substituents is 1. The Morgan fingerprint density at radius 2 is 1.40 bits per heavy atom. The van der Waals surface area contributed by atoms with Gasteiger partial charge in [-0.1, -0.05) is 42.5 Å². The van der Waals surface area contributed by atoms with Crippen molar-refractivity contribution in [2.45, 2.75) is 13.3 Å². The second-order valence-electron chi connectivity index (χ2n) is 6.96. The maximum absolute atomic E-state index is 10.9. The summed E-state index contributed by atoms with van der Waals surface area (Å²) in [5.41, 5.74) is 4.38. The highest BCUT2D eigenvalue weighted by molar-refractivity contribution is 7.71. The van der Waals surface area contributed by atoms with Crippen LogP contribution in [0.2, 0.25) is 0 Å². The van der Waals surface area contributed by atoms with Crippen molar-refractivity contribution in [1.29, 1.82) is 0 Å². The van der Waals surface area contributed by atoms with Crippen LogP contribution in [-0.2, 0) is 6.42 Å². The molecule has 0 aliphatic rings. The fraction of sp³-hybridized carbons (Fsp3) is 0.0870. The van der Waals surface area contributed by atoms with E-state index in [1.54, 1.807) is 23.6 Å². The first-order chi connectivity index (χ1) is 14.5. The van der Waals surface area contributed by atoms with E-state index in [0.717, 1.165) is 12.1 Å². The van der Waals surface area contributed by atoms with E-state index < -0.39 is 4.92 Å². The zero-order chi connectivity index (χ0) is 21.3. The van der Waals surface area contributed by atoms with Crippen molar-refractivity contribution >= 4 is 17.9 Å². The van der Waals surface area contributed by atoms with Gasteiger partial charge in [-0.2, -0.15) is 0 Å². The topological polar surface area (TPSA) is 73.2 Å². The van der Waals surface area contributed by atoms with Crippen LogP contribution in [0.25, 0.3) is 11.4 Å². The van der Waals surface area contributed by atoms with Gasteiger partial charge in [-0.25, -0.2) is 0 Å². The number of non-ortho nitro benzene ring substituents is 1. The molecule has 1 N–H and O–H groups in total. The molecule has 7 heteroatoms. The summed E-state index contributed by atoms with van der Waals surface area (Å²) in [5, 5.41) is 21.6. The minimum absolute atomic E-state index is 0.00205. The molecule has 3 aromatic carbocycles. The Morgan fingerprint density at radius 1 is 0.867 bits per heavy atom. The quantitative estimate of drug-likeness (QED) is 0.264. The second-order valence-corrected chi connectivity index (χ2v) is 7.33. The molecule has 1 aromatic heterocycles.